The van der Waals surface area contributed by atoms with E-state index in [1.165, 1.54) is 0 Å². The lowest BCUT2D eigenvalue weighted by molar-refractivity contribution is 0.977. The largest absolute Gasteiger partial charge is 0.0608 e. The zero-order valence-corrected chi connectivity index (χ0v) is 14.5. The van der Waals surface area contributed by atoms with Gasteiger partial charge in [0.2, 0.25) is 0 Å². The summed E-state index contributed by atoms with van der Waals surface area (Å²) in [6.07, 6.45) is 0. The molecule has 0 unspecified atom stereocenters. The highest BCUT2D eigenvalue weighted by Crippen LogP contribution is 2.34. The summed E-state index contributed by atoms with van der Waals surface area (Å²) in [4.78, 5) is 8.39. The average Bonchev–Trinajstić information content (AvgIpc) is 2.73. The van der Waals surface area contributed by atoms with Crippen LogP contribution in [0.2, 0.25) is 0 Å². The summed E-state index contributed by atoms with van der Waals surface area (Å²) in [5.41, 5.74) is 30.3. The van der Waals surface area contributed by atoms with E-state index >= 15 is 0 Å². The molecule has 0 saturated carbocycles. The van der Waals surface area contributed by atoms with Crippen molar-refractivity contribution >= 4 is 17.1 Å². The van der Waals surface area contributed by atoms with Crippen molar-refractivity contribution in [2.24, 2.45) is 15.3 Å². The third kappa shape index (κ3) is 4.22. The van der Waals surface area contributed by atoms with E-state index in [4.69, 9.17) is 16.6 Å². The van der Waals surface area contributed by atoms with Crippen LogP contribution < -0.4 is 0 Å². The molecule has 0 radical (unpaired) electrons. The molecule has 3 aromatic carbocycles. The summed E-state index contributed by atoms with van der Waals surface area (Å²) < 4.78 is 0. The number of hydrogen-bond acceptors (Lipinski definition) is 3. The van der Waals surface area contributed by atoms with Gasteiger partial charge in [0.1, 0.15) is 0 Å². The second-order valence-corrected chi connectivity index (χ2v) is 5.78. The van der Waals surface area contributed by atoms with Gasteiger partial charge in [-0.2, -0.15) is 0 Å². The SMILES string of the molecule is [N-]=[N+]=Nc1ccc(C(c2ccc(N=[N+]=[N-])cc2)c2ccc(N=[N+]=[N-])cc2)cc1. The van der Waals surface area contributed by atoms with Crippen LogP contribution in [0.5, 0.6) is 0 Å². The average molecular weight is 367 g/mol. The Morgan fingerprint density at radius 3 is 0.929 bits per heavy atom. The van der Waals surface area contributed by atoms with E-state index in [0.29, 0.717) is 17.1 Å². The fraction of sp³-hybridized carbons (Fsp3) is 0.0526. The molecule has 0 amide bonds. The number of azide groups is 3. The lowest BCUT2D eigenvalue weighted by Crippen LogP contribution is -2.03. The molecule has 0 saturated heterocycles. The van der Waals surface area contributed by atoms with Crippen molar-refractivity contribution in [3.8, 4) is 0 Å². The molecule has 0 bridgehead atoms. The molecule has 0 N–H and O–H groups in total. The van der Waals surface area contributed by atoms with E-state index in [9.17, 15) is 0 Å². The first-order valence-corrected chi connectivity index (χ1v) is 8.20. The fourth-order valence-electron chi connectivity index (χ4n) is 2.93. The van der Waals surface area contributed by atoms with Crippen LogP contribution >= 0.6 is 0 Å². The minimum absolute atomic E-state index is 0.111. The maximum Gasteiger partial charge on any atom is 0.0375 e. The lowest BCUT2D eigenvalue weighted by Gasteiger charge is -2.19. The Labute approximate surface area is 159 Å². The highest BCUT2D eigenvalue weighted by Gasteiger charge is 2.16. The molecule has 0 aliphatic heterocycles. The van der Waals surface area contributed by atoms with Crippen molar-refractivity contribution in [3.05, 3.63) is 121 Å². The first-order valence-electron chi connectivity index (χ1n) is 8.20. The lowest BCUT2D eigenvalue weighted by atomic mass is 9.85. The van der Waals surface area contributed by atoms with E-state index in [1.807, 2.05) is 36.4 Å². The van der Waals surface area contributed by atoms with Crippen molar-refractivity contribution in [2.45, 2.75) is 5.92 Å². The Morgan fingerprint density at radius 2 is 0.714 bits per heavy atom. The molecule has 0 aliphatic rings. The molecular formula is C19H13N9. The van der Waals surface area contributed by atoms with Crippen LogP contribution in [-0.2, 0) is 0 Å². The van der Waals surface area contributed by atoms with Gasteiger partial charge in [-0.25, -0.2) is 0 Å². The molecule has 0 fully saturated rings. The topological polar surface area (TPSA) is 146 Å². The predicted octanol–water partition coefficient (Wildman–Crippen LogP) is 7.69. The Bertz CT molecular complexity index is 953. The molecule has 0 heterocycles. The molecule has 0 atom stereocenters. The zero-order chi connectivity index (χ0) is 19.8. The molecule has 0 aromatic heterocycles. The van der Waals surface area contributed by atoms with Gasteiger partial charge < -0.3 is 0 Å². The maximum absolute atomic E-state index is 8.58. The number of nitrogens with zero attached hydrogens (tertiary/aromatic N) is 9. The second kappa shape index (κ2) is 8.80. The van der Waals surface area contributed by atoms with Crippen LogP contribution in [0.4, 0.5) is 17.1 Å². The monoisotopic (exact) mass is 367 g/mol. The van der Waals surface area contributed by atoms with Gasteiger partial charge in [0.05, 0.1) is 0 Å². The molecule has 0 aliphatic carbocycles. The van der Waals surface area contributed by atoms with Crippen molar-refractivity contribution in [2.75, 3.05) is 0 Å². The van der Waals surface area contributed by atoms with Crippen LogP contribution in [-0.4, -0.2) is 0 Å². The molecule has 134 valence electrons. The van der Waals surface area contributed by atoms with E-state index < -0.39 is 0 Å². The van der Waals surface area contributed by atoms with E-state index in [-0.39, 0.29) is 5.92 Å². The highest BCUT2D eigenvalue weighted by molar-refractivity contribution is 5.51. The van der Waals surface area contributed by atoms with Gasteiger partial charge >= 0.3 is 0 Å². The van der Waals surface area contributed by atoms with Crippen molar-refractivity contribution in [1.82, 2.24) is 0 Å². The van der Waals surface area contributed by atoms with Gasteiger partial charge in [0.15, 0.2) is 0 Å². The zero-order valence-electron chi connectivity index (χ0n) is 14.5. The van der Waals surface area contributed by atoms with Crippen LogP contribution in [0.1, 0.15) is 22.6 Å². The van der Waals surface area contributed by atoms with Crippen LogP contribution in [0.15, 0.2) is 88.1 Å². The highest BCUT2D eigenvalue weighted by atomic mass is 15.1. The summed E-state index contributed by atoms with van der Waals surface area (Å²) in [7, 11) is 0. The normalized spacial score (nSPS) is 10.7. The van der Waals surface area contributed by atoms with E-state index in [2.05, 4.69) is 30.1 Å². The number of benzene rings is 3. The van der Waals surface area contributed by atoms with Crippen LogP contribution in [0, 0.1) is 0 Å². The van der Waals surface area contributed by atoms with Crippen LogP contribution in [0.25, 0.3) is 31.3 Å². The van der Waals surface area contributed by atoms with Gasteiger partial charge in [0, 0.05) is 37.7 Å². The summed E-state index contributed by atoms with van der Waals surface area (Å²) in [6.45, 7) is 0. The molecular weight excluding hydrogens is 354 g/mol. The molecule has 9 nitrogen and oxygen atoms in total. The maximum atomic E-state index is 8.58. The molecule has 3 rings (SSSR count). The van der Waals surface area contributed by atoms with E-state index in [1.54, 1.807) is 36.4 Å². The van der Waals surface area contributed by atoms with E-state index in [0.717, 1.165) is 16.7 Å². The van der Waals surface area contributed by atoms with Crippen molar-refractivity contribution in [3.63, 3.8) is 0 Å². The number of rotatable bonds is 6. The second-order valence-electron chi connectivity index (χ2n) is 5.78. The minimum atomic E-state index is -0.111. The molecule has 28 heavy (non-hydrogen) atoms. The predicted molar refractivity (Wildman–Crippen MR) is 107 cm³/mol. The van der Waals surface area contributed by atoms with Crippen molar-refractivity contribution < 1.29 is 0 Å². The Balaban J connectivity index is 2.07. The molecule has 0 spiro atoms. The van der Waals surface area contributed by atoms with Crippen molar-refractivity contribution in [1.29, 1.82) is 0 Å². The number of hydrogen-bond donors (Lipinski definition) is 0. The van der Waals surface area contributed by atoms with Gasteiger partial charge in [-0.05, 0) is 33.3 Å². The quantitative estimate of drug-likeness (QED) is 0.182. The smallest absolute Gasteiger partial charge is 0.0375 e. The summed E-state index contributed by atoms with van der Waals surface area (Å²) >= 11 is 0. The van der Waals surface area contributed by atoms with Gasteiger partial charge in [-0.1, -0.05) is 88.1 Å². The van der Waals surface area contributed by atoms with Gasteiger partial charge in [0.25, 0.3) is 0 Å². The Morgan fingerprint density at radius 1 is 0.464 bits per heavy atom. The van der Waals surface area contributed by atoms with Gasteiger partial charge in [-0.3, -0.25) is 0 Å². The third-order valence-corrected chi connectivity index (χ3v) is 4.16. The fourth-order valence-corrected chi connectivity index (χ4v) is 2.93. The van der Waals surface area contributed by atoms with Crippen LogP contribution in [0.3, 0.4) is 0 Å². The molecule has 9 heteroatoms. The Hall–Kier alpha value is -4.41. The first kappa shape index (κ1) is 18.4. The third-order valence-electron chi connectivity index (χ3n) is 4.16. The first-order chi connectivity index (χ1) is 13.7. The summed E-state index contributed by atoms with van der Waals surface area (Å²) in [5, 5.41) is 10.8. The standard InChI is InChI=1S/C19H13N9/c20-26-23-16-7-1-13(2-8-16)19(14-3-9-17(10-4-14)24-27-21)15-5-11-18(12-6-15)25-28-22/h1-12,19H. The Kier molecular flexibility index (Phi) is 5.78. The van der Waals surface area contributed by atoms with Gasteiger partial charge in [-0.15, -0.1) is 0 Å². The summed E-state index contributed by atoms with van der Waals surface area (Å²) in [5.74, 6) is -0.111. The summed E-state index contributed by atoms with van der Waals surface area (Å²) in [6, 6.07) is 21.9. The molecule has 3 aromatic rings. The minimum Gasteiger partial charge on any atom is -0.0608 e.